The SMILES string of the molecule is Cc1ccc(S(=O)(=O)N(C(=O)Nc2ccccc2)c2ccccc2C2=CCCCC2)cc1. The Morgan fingerprint density at radius 3 is 2.25 bits per heavy atom. The van der Waals surface area contributed by atoms with Gasteiger partial charge in [-0.3, -0.25) is 0 Å². The van der Waals surface area contributed by atoms with Gasteiger partial charge in [0.15, 0.2) is 0 Å². The van der Waals surface area contributed by atoms with E-state index in [4.69, 9.17) is 0 Å². The van der Waals surface area contributed by atoms with Gasteiger partial charge in [-0.05, 0) is 68.5 Å². The molecule has 32 heavy (non-hydrogen) atoms. The van der Waals surface area contributed by atoms with Gasteiger partial charge < -0.3 is 5.32 Å². The molecule has 0 fully saturated rings. The first-order chi connectivity index (χ1) is 15.5. The number of nitrogens with one attached hydrogen (secondary N) is 1. The van der Waals surface area contributed by atoms with Crippen LogP contribution in [0.4, 0.5) is 16.2 Å². The van der Waals surface area contributed by atoms with E-state index in [0.29, 0.717) is 11.4 Å². The number of carbonyl (C=O) groups excluding carboxylic acids is 1. The van der Waals surface area contributed by atoms with Gasteiger partial charge in [-0.15, -0.1) is 0 Å². The number of urea groups is 1. The third kappa shape index (κ3) is 4.60. The molecule has 1 aliphatic carbocycles. The Kier molecular flexibility index (Phi) is 6.42. The summed E-state index contributed by atoms with van der Waals surface area (Å²) in [5.74, 6) is 0. The molecule has 0 unspecified atom stereocenters. The predicted octanol–water partition coefficient (Wildman–Crippen LogP) is 6.38. The van der Waals surface area contributed by atoms with Crippen molar-refractivity contribution >= 4 is 33.0 Å². The predicted molar refractivity (Wildman–Crippen MR) is 129 cm³/mol. The van der Waals surface area contributed by atoms with Crippen molar-refractivity contribution in [2.24, 2.45) is 0 Å². The zero-order valence-electron chi connectivity index (χ0n) is 18.0. The maximum atomic E-state index is 13.8. The maximum absolute atomic E-state index is 13.8. The molecule has 6 heteroatoms. The highest BCUT2D eigenvalue weighted by atomic mass is 32.2. The zero-order chi connectivity index (χ0) is 22.6. The number of allylic oxidation sites excluding steroid dienone is 2. The Hall–Kier alpha value is -3.38. The lowest BCUT2D eigenvalue weighted by Crippen LogP contribution is -2.40. The zero-order valence-corrected chi connectivity index (χ0v) is 18.8. The average molecular weight is 447 g/mol. The minimum atomic E-state index is -4.16. The summed E-state index contributed by atoms with van der Waals surface area (Å²) in [6.07, 6.45) is 6.11. The van der Waals surface area contributed by atoms with Crippen LogP contribution in [0.25, 0.3) is 5.57 Å². The molecule has 0 atom stereocenters. The van der Waals surface area contributed by atoms with Crippen LogP contribution in [-0.2, 0) is 10.0 Å². The molecule has 0 spiro atoms. The fourth-order valence-corrected chi connectivity index (χ4v) is 5.24. The van der Waals surface area contributed by atoms with Crippen LogP contribution in [0.15, 0.2) is 89.8 Å². The van der Waals surface area contributed by atoms with Crippen molar-refractivity contribution in [3.05, 3.63) is 96.1 Å². The highest BCUT2D eigenvalue weighted by molar-refractivity contribution is 7.93. The van der Waals surface area contributed by atoms with Crippen LogP contribution in [0, 0.1) is 6.92 Å². The van der Waals surface area contributed by atoms with Crippen molar-refractivity contribution in [3.63, 3.8) is 0 Å². The second-order valence-corrected chi connectivity index (χ2v) is 9.66. The van der Waals surface area contributed by atoms with Crippen molar-refractivity contribution in [1.82, 2.24) is 0 Å². The normalized spacial score (nSPS) is 13.8. The number of hydrogen-bond acceptors (Lipinski definition) is 3. The molecule has 3 aromatic rings. The van der Waals surface area contributed by atoms with Gasteiger partial charge in [-0.25, -0.2) is 13.2 Å². The first-order valence-electron chi connectivity index (χ1n) is 10.7. The van der Waals surface area contributed by atoms with E-state index in [1.54, 1.807) is 48.5 Å². The second kappa shape index (κ2) is 9.40. The monoisotopic (exact) mass is 446 g/mol. The molecule has 1 aliphatic rings. The number of anilines is 2. The number of hydrogen-bond donors (Lipinski definition) is 1. The van der Waals surface area contributed by atoms with E-state index in [2.05, 4.69) is 11.4 Å². The molecule has 0 aliphatic heterocycles. The van der Waals surface area contributed by atoms with Crippen molar-refractivity contribution in [2.75, 3.05) is 9.62 Å². The van der Waals surface area contributed by atoms with Crippen molar-refractivity contribution < 1.29 is 13.2 Å². The van der Waals surface area contributed by atoms with Gasteiger partial charge in [0.1, 0.15) is 0 Å². The van der Waals surface area contributed by atoms with E-state index in [9.17, 15) is 13.2 Å². The summed E-state index contributed by atoms with van der Waals surface area (Å²) < 4.78 is 28.4. The summed E-state index contributed by atoms with van der Waals surface area (Å²) in [6.45, 7) is 1.89. The Morgan fingerprint density at radius 2 is 1.56 bits per heavy atom. The van der Waals surface area contributed by atoms with Gasteiger partial charge in [0.05, 0.1) is 10.6 Å². The van der Waals surface area contributed by atoms with Crippen LogP contribution in [-0.4, -0.2) is 14.4 Å². The van der Waals surface area contributed by atoms with E-state index in [1.807, 2.05) is 25.1 Å². The third-order valence-corrected chi connectivity index (χ3v) is 7.24. The van der Waals surface area contributed by atoms with Gasteiger partial charge in [-0.2, -0.15) is 4.31 Å². The van der Waals surface area contributed by atoms with Gasteiger partial charge in [0, 0.05) is 11.3 Å². The summed E-state index contributed by atoms with van der Waals surface area (Å²) in [5, 5.41) is 2.75. The third-order valence-electron chi connectivity index (χ3n) is 5.53. The molecule has 164 valence electrons. The topological polar surface area (TPSA) is 66.5 Å². The van der Waals surface area contributed by atoms with Gasteiger partial charge in [0.2, 0.25) is 0 Å². The molecule has 0 radical (unpaired) electrons. The fourth-order valence-electron chi connectivity index (χ4n) is 3.86. The number of aryl methyl sites for hydroxylation is 1. The summed E-state index contributed by atoms with van der Waals surface area (Å²) in [4.78, 5) is 13.5. The standard InChI is InChI=1S/C26H26N2O3S/c1-20-16-18-23(19-17-20)32(30,31)28(26(29)27-22-12-6-3-7-13-22)25-15-9-8-14-24(25)21-10-4-2-5-11-21/h3,6-10,12-19H,2,4-5,11H2,1H3,(H,27,29). The van der Waals surface area contributed by atoms with E-state index >= 15 is 0 Å². The maximum Gasteiger partial charge on any atom is 0.340 e. The van der Waals surface area contributed by atoms with Crippen LogP contribution >= 0.6 is 0 Å². The highest BCUT2D eigenvalue weighted by Crippen LogP contribution is 2.36. The van der Waals surface area contributed by atoms with Gasteiger partial charge in [0.25, 0.3) is 10.0 Å². The summed E-state index contributed by atoms with van der Waals surface area (Å²) in [5.41, 5.74) is 3.66. The molecule has 4 rings (SSSR count). The van der Waals surface area contributed by atoms with Crippen LogP contribution < -0.4 is 9.62 Å². The van der Waals surface area contributed by atoms with Crippen molar-refractivity contribution in [2.45, 2.75) is 37.5 Å². The molecule has 0 saturated carbocycles. The van der Waals surface area contributed by atoms with Gasteiger partial charge in [-0.1, -0.05) is 60.2 Å². The van der Waals surface area contributed by atoms with Crippen LogP contribution in [0.3, 0.4) is 0 Å². The molecule has 3 aromatic carbocycles. The largest absolute Gasteiger partial charge is 0.340 e. The lowest BCUT2D eigenvalue weighted by atomic mass is 9.93. The molecule has 1 N–H and O–H groups in total. The number of carbonyl (C=O) groups is 1. The Bertz CT molecular complexity index is 1230. The molecular weight excluding hydrogens is 420 g/mol. The molecular formula is C26H26N2O3S. The van der Waals surface area contributed by atoms with Crippen molar-refractivity contribution in [1.29, 1.82) is 0 Å². The van der Waals surface area contributed by atoms with E-state index in [0.717, 1.165) is 46.7 Å². The van der Waals surface area contributed by atoms with Gasteiger partial charge >= 0.3 is 6.03 Å². The summed E-state index contributed by atoms with van der Waals surface area (Å²) in [7, 11) is -4.16. The number of sulfonamides is 1. The minimum absolute atomic E-state index is 0.0683. The lowest BCUT2D eigenvalue weighted by molar-refractivity contribution is 0.259. The molecule has 0 aromatic heterocycles. The quantitative estimate of drug-likeness (QED) is 0.494. The fraction of sp³-hybridized carbons (Fsp3) is 0.192. The number of rotatable bonds is 5. The average Bonchev–Trinajstić information content (AvgIpc) is 2.81. The van der Waals surface area contributed by atoms with E-state index in [1.165, 1.54) is 12.1 Å². The molecule has 2 amide bonds. The summed E-state index contributed by atoms with van der Waals surface area (Å²) >= 11 is 0. The lowest BCUT2D eigenvalue weighted by Gasteiger charge is -2.26. The molecule has 0 saturated heterocycles. The Morgan fingerprint density at radius 1 is 0.875 bits per heavy atom. The smallest absolute Gasteiger partial charge is 0.307 e. The first kappa shape index (κ1) is 21.8. The molecule has 5 nitrogen and oxygen atoms in total. The number of para-hydroxylation sites is 2. The number of benzene rings is 3. The van der Waals surface area contributed by atoms with Crippen LogP contribution in [0.1, 0.15) is 36.8 Å². The number of amides is 2. The van der Waals surface area contributed by atoms with Crippen LogP contribution in [0.2, 0.25) is 0 Å². The first-order valence-corrected chi connectivity index (χ1v) is 12.2. The van der Waals surface area contributed by atoms with E-state index in [-0.39, 0.29) is 4.90 Å². The summed E-state index contributed by atoms with van der Waals surface area (Å²) in [6, 6.07) is 21.9. The minimum Gasteiger partial charge on any atom is -0.307 e. The molecule has 0 bridgehead atoms. The van der Waals surface area contributed by atoms with Crippen molar-refractivity contribution in [3.8, 4) is 0 Å². The molecule has 0 heterocycles. The second-order valence-electron chi connectivity index (χ2n) is 7.87. The Labute approximate surface area is 189 Å². The van der Waals surface area contributed by atoms with E-state index < -0.39 is 16.1 Å². The highest BCUT2D eigenvalue weighted by Gasteiger charge is 2.33. The Balaban J connectivity index is 1.84. The van der Waals surface area contributed by atoms with Crippen LogP contribution in [0.5, 0.6) is 0 Å². The number of nitrogens with zero attached hydrogens (tertiary/aromatic N) is 1.